The molecule has 0 radical (unpaired) electrons. The molecule has 82 valence electrons. The first kappa shape index (κ1) is 10.9. The van der Waals surface area contributed by atoms with E-state index in [0.29, 0.717) is 17.1 Å². The van der Waals surface area contributed by atoms with Gasteiger partial charge in [-0.15, -0.1) is 0 Å². The van der Waals surface area contributed by atoms with E-state index >= 15 is 0 Å². The molecule has 1 aromatic carbocycles. The molecule has 16 heavy (non-hydrogen) atoms. The molecule has 2 aromatic rings. The van der Waals surface area contributed by atoms with E-state index in [9.17, 15) is 4.79 Å². The number of nitrogens with one attached hydrogen (secondary N) is 1. The number of anilines is 1. The molecule has 0 bridgehead atoms. The number of imidazole rings is 1. The maximum atomic E-state index is 11.8. The third-order valence-corrected chi connectivity index (χ3v) is 2.92. The molecular weight excluding hydrogens is 270 g/mol. The quantitative estimate of drug-likeness (QED) is 0.668. The van der Waals surface area contributed by atoms with Crippen LogP contribution in [0.5, 0.6) is 0 Å². The lowest BCUT2D eigenvalue weighted by Crippen LogP contribution is -2.05. The van der Waals surface area contributed by atoms with Crippen LogP contribution in [0.15, 0.2) is 35.1 Å². The SMILES string of the molecule is Nc1cc(C(=O)Cc2ncc[nH]2)ccc1Br. The van der Waals surface area contributed by atoms with E-state index in [4.69, 9.17) is 5.73 Å². The van der Waals surface area contributed by atoms with E-state index in [2.05, 4.69) is 25.9 Å². The lowest BCUT2D eigenvalue weighted by Gasteiger charge is -2.02. The number of rotatable bonds is 3. The second-order valence-corrected chi connectivity index (χ2v) is 4.23. The van der Waals surface area contributed by atoms with Crippen molar-refractivity contribution in [2.45, 2.75) is 6.42 Å². The van der Waals surface area contributed by atoms with Gasteiger partial charge in [0.2, 0.25) is 0 Å². The Bertz CT molecular complexity index is 508. The Balaban J connectivity index is 2.18. The van der Waals surface area contributed by atoms with Gasteiger partial charge in [-0.05, 0) is 28.1 Å². The van der Waals surface area contributed by atoms with Gasteiger partial charge in [-0.2, -0.15) is 0 Å². The van der Waals surface area contributed by atoms with Crippen molar-refractivity contribution in [3.05, 3.63) is 46.5 Å². The first-order valence-corrected chi connectivity index (χ1v) is 5.52. The maximum Gasteiger partial charge on any atom is 0.170 e. The molecule has 2 rings (SSSR count). The standard InChI is InChI=1S/C11H10BrN3O/c12-8-2-1-7(5-9(8)13)10(16)6-11-14-3-4-15-11/h1-5H,6,13H2,(H,14,15). The number of hydrogen-bond donors (Lipinski definition) is 2. The second kappa shape index (κ2) is 4.49. The predicted molar refractivity (Wildman–Crippen MR) is 65.2 cm³/mol. The molecule has 0 aliphatic carbocycles. The van der Waals surface area contributed by atoms with Crippen molar-refractivity contribution in [2.75, 3.05) is 5.73 Å². The van der Waals surface area contributed by atoms with Crippen LogP contribution < -0.4 is 5.73 Å². The van der Waals surface area contributed by atoms with Gasteiger partial charge in [0.25, 0.3) is 0 Å². The van der Waals surface area contributed by atoms with E-state index in [0.717, 1.165) is 4.47 Å². The lowest BCUT2D eigenvalue weighted by atomic mass is 10.1. The second-order valence-electron chi connectivity index (χ2n) is 3.37. The molecule has 1 aromatic heterocycles. The Kier molecular flexibility index (Phi) is 3.05. The monoisotopic (exact) mass is 279 g/mol. The normalized spacial score (nSPS) is 10.3. The molecular formula is C11H10BrN3O. The Morgan fingerprint density at radius 2 is 2.31 bits per heavy atom. The summed E-state index contributed by atoms with van der Waals surface area (Å²) in [5, 5.41) is 0. The van der Waals surface area contributed by atoms with Gasteiger partial charge in [0, 0.05) is 28.1 Å². The number of benzene rings is 1. The highest BCUT2D eigenvalue weighted by molar-refractivity contribution is 9.10. The van der Waals surface area contributed by atoms with Crippen LogP contribution in [-0.2, 0) is 6.42 Å². The number of nitrogen functional groups attached to an aromatic ring is 1. The van der Waals surface area contributed by atoms with Crippen molar-refractivity contribution < 1.29 is 4.79 Å². The largest absolute Gasteiger partial charge is 0.398 e. The summed E-state index contributed by atoms with van der Waals surface area (Å²) in [6.45, 7) is 0. The summed E-state index contributed by atoms with van der Waals surface area (Å²) in [5.74, 6) is 0.653. The van der Waals surface area contributed by atoms with Crippen LogP contribution >= 0.6 is 15.9 Å². The van der Waals surface area contributed by atoms with Gasteiger partial charge < -0.3 is 10.7 Å². The Hall–Kier alpha value is -1.62. The number of ketones is 1. The van der Waals surface area contributed by atoms with Crippen molar-refractivity contribution in [3.63, 3.8) is 0 Å². The number of aromatic nitrogens is 2. The molecule has 0 saturated heterocycles. The van der Waals surface area contributed by atoms with E-state index < -0.39 is 0 Å². The summed E-state index contributed by atoms with van der Waals surface area (Å²) < 4.78 is 0.794. The summed E-state index contributed by atoms with van der Waals surface area (Å²) in [7, 11) is 0. The highest BCUT2D eigenvalue weighted by Crippen LogP contribution is 2.20. The molecule has 1 heterocycles. The zero-order valence-corrected chi connectivity index (χ0v) is 9.99. The Labute approximate surface area is 101 Å². The van der Waals surface area contributed by atoms with Crippen molar-refractivity contribution in [1.29, 1.82) is 0 Å². The average molecular weight is 280 g/mol. The van der Waals surface area contributed by atoms with Crippen LogP contribution in [0.1, 0.15) is 16.2 Å². The van der Waals surface area contributed by atoms with Crippen molar-refractivity contribution in [3.8, 4) is 0 Å². The van der Waals surface area contributed by atoms with E-state index in [1.165, 1.54) is 0 Å². The molecule has 0 atom stereocenters. The molecule has 3 N–H and O–H groups in total. The lowest BCUT2D eigenvalue weighted by molar-refractivity contribution is 0.0991. The van der Waals surface area contributed by atoms with Gasteiger partial charge >= 0.3 is 0 Å². The number of aromatic amines is 1. The zero-order valence-electron chi connectivity index (χ0n) is 8.40. The smallest absolute Gasteiger partial charge is 0.170 e. The minimum absolute atomic E-state index is 0.00542. The third-order valence-electron chi connectivity index (χ3n) is 2.20. The molecule has 0 amide bonds. The molecule has 0 fully saturated rings. The van der Waals surface area contributed by atoms with Gasteiger partial charge in [0.05, 0.1) is 6.42 Å². The van der Waals surface area contributed by atoms with Crippen molar-refractivity contribution in [1.82, 2.24) is 9.97 Å². The van der Waals surface area contributed by atoms with Crippen molar-refractivity contribution in [2.24, 2.45) is 0 Å². The number of nitrogens with zero attached hydrogens (tertiary/aromatic N) is 1. The zero-order chi connectivity index (χ0) is 11.5. The number of carbonyl (C=O) groups is 1. The van der Waals surface area contributed by atoms with Gasteiger partial charge in [0.15, 0.2) is 5.78 Å². The first-order valence-electron chi connectivity index (χ1n) is 4.73. The number of Topliss-reactive ketones (excluding diaryl/α,β-unsaturated/α-hetero) is 1. The van der Waals surface area contributed by atoms with Crippen molar-refractivity contribution >= 4 is 27.4 Å². The fourth-order valence-corrected chi connectivity index (χ4v) is 1.61. The number of H-pyrrole nitrogens is 1. The summed E-state index contributed by atoms with van der Waals surface area (Å²) in [6, 6.07) is 5.17. The van der Waals surface area contributed by atoms with E-state index in [1.807, 2.05) is 0 Å². The fraction of sp³-hybridized carbons (Fsp3) is 0.0909. The number of hydrogen-bond acceptors (Lipinski definition) is 3. The van der Waals surface area contributed by atoms with E-state index in [-0.39, 0.29) is 12.2 Å². The first-order chi connectivity index (χ1) is 7.66. The third kappa shape index (κ3) is 2.30. The topological polar surface area (TPSA) is 71.8 Å². The van der Waals surface area contributed by atoms with Gasteiger partial charge in [-0.25, -0.2) is 4.98 Å². The Morgan fingerprint density at radius 1 is 1.50 bits per heavy atom. The Morgan fingerprint density at radius 3 is 2.94 bits per heavy atom. The van der Waals surface area contributed by atoms with E-state index in [1.54, 1.807) is 30.6 Å². The predicted octanol–water partition coefficient (Wildman–Crippen LogP) is 2.18. The molecule has 0 unspecified atom stereocenters. The molecule has 5 heteroatoms. The summed E-state index contributed by atoms with van der Waals surface area (Å²) >= 11 is 3.28. The van der Waals surface area contributed by atoms with Gasteiger partial charge in [-0.1, -0.05) is 6.07 Å². The minimum atomic E-state index is -0.00542. The molecule has 0 saturated carbocycles. The summed E-state index contributed by atoms with van der Waals surface area (Å²) in [5.41, 5.74) is 6.86. The van der Waals surface area contributed by atoms with Crippen LogP contribution in [0.2, 0.25) is 0 Å². The van der Waals surface area contributed by atoms with Crippen LogP contribution in [0.25, 0.3) is 0 Å². The maximum absolute atomic E-state index is 11.8. The molecule has 4 nitrogen and oxygen atoms in total. The van der Waals surface area contributed by atoms with Crippen LogP contribution in [0.3, 0.4) is 0 Å². The molecule has 0 aliphatic rings. The minimum Gasteiger partial charge on any atom is -0.398 e. The van der Waals surface area contributed by atoms with Gasteiger partial charge in [-0.3, -0.25) is 4.79 Å². The highest BCUT2D eigenvalue weighted by atomic mass is 79.9. The molecule has 0 spiro atoms. The number of carbonyl (C=O) groups excluding carboxylic acids is 1. The van der Waals surface area contributed by atoms with Crippen LogP contribution in [-0.4, -0.2) is 15.8 Å². The average Bonchev–Trinajstić information content (AvgIpc) is 2.74. The summed E-state index contributed by atoms with van der Waals surface area (Å²) in [6.07, 6.45) is 3.57. The van der Waals surface area contributed by atoms with Crippen LogP contribution in [0, 0.1) is 0 Å². The number of nitrogens with two attached hydrogens (primary N) is 1. The van der Waals surface area contributed by atoms with Crippen LogP contribution in [0.4, 0.5) is 5.69 Å². The van der Waals surface area contributed by atoms with Gasteiger partial charge in [0.1, 0.15) is 5.82 Å². The fourth-order valence-electron chi connectivity index (χ4n) is 1.37. The summed E-state index contributed by atoms with van der Waals surface area (Å²) in [4.78, 5) is 18.7. The number of halogens is 1. The molecule has 0 aliphatic heterocycles. The highest BCUT2D eigenvalue weighted by Gasteiger charge is 2.09.